The first-order valence-electron chi connectivity index (χ1n) is 12.0. The fraction of sp³-hybridized carbons (Fsp3) is 0.345. The Morgan fingerprint density at radius 1 is 1.38 bits per heavy atom. The lowest BCUT2D eigenvalue weighted by Gasteiger charge is -2.37. The van der Waals surface area contributed by atoms with Crippen molar-refractivity contribution < 1.29 is 4.79 Å². The number of fused-ring (bicyclic) bond motifs is 2. The van der Waals surface area contributed by atoms with Crippen molar-refractivity contribution >= 4 is 24.4 Å². The van der Waals surface area contributed by atoms with Crippen LogP contribution in [0.3, 0.4) is 0 Å². The summed E-state index contributed by atoms with van der Waals surface area (Å²) in [6.45, 7) is 11.7. The third kappa shape index (κ3) is 4.60. The van der Waals surface area contributed by atoms with E-state index in [0.717, 1.165) is 42.6 Å². The molecule has 2 aliphatic carbocycles. The van der Waals surface area contributed by atoms with Gasteiger partial charge in [-0.2, -0.15) is 5.10 Å². The molecule has 2 aromatic rings. The summed E-state index contributed by atoms with van der Waals surface area (Å²) in [5.41, 5.74) is 5.98. The first kappa shape index (κ1) is 23.7. The number of hydrogen-bond donors (Lipinski definition) is 1. The van der Waals surface area contributed by atoms with E-state index in [2.05, 4.69) is 53.8 Å². The Morgan fingerprint density at radius 2 is 2.18 bits per heavy atom. The number of nitrogens with one attached hydrogen (secondary N) is 1. The second kappa shape index (κ2) is 10.2. The van der Waals surface area contributed by atoms with Crippen LogP contribution in [0.5, 0.6) is 0 Å². The van der Waals surface area contributed by atoms with E-state index in [1.807, 2.05) is 48.2 Å². The molecule has 34 heavy (non-hydrogen) atoms. The third-order valence-electron chi connectivity index (χ3n) is 7.34. The van der Waals surface area contributed by atoms with Crippen LogP contribution < -0.4 is 5.32 Å². The van der Waals surface area contributed by atoms with Crippen LogP contribution in [-0.4, -0.2) is 22.4 Å². The molecule has 176 valence electrons. The Balaban J connectivity index is 1.62. The van der Waals surface area contributed by atoms with Gasteiger partial charge in [-0.05, 0) is 73.9 Å². The smallest absolute Gasteiger partial charge is 0.224 e. The molecule has 0 spiro atoms. The summed E-state index contributed by atoms with van der Waals surface area (Å²) in [5, 5.41) is 7.95. The highest BCUT2D eigenvalue weighted by Gasteiger charge is 2.46. The lowest BCUT2D eigenvalue weighted by Crippen LogP contribution is -2.34. The second-order valence-electron chi connectivity index (χ2n) is 9.46. The summed E-state index contributed by atoms with van der Waals surface area (Å²) in [4.78, 5) is 16.4. The summed E-state index contributed by atoms with van der Waals surface area (Å²) < 4.78 is 1.96. The van der Waals surface area contributed by atoms with Crippen molar-refractivity contribution in [1.82, 2.24) is 15.1 Å². The standard InChI is InChI=1S/C29H34N4O/c1-5-10-25(20-30-4)33-27-17-24-15-14-23(29(24,3)18-22(27)19-31-33)16-26(32-28(34)11-6-2)21-12-8-7-9-13-21/h5-10,12-13,17,19-20,23,26H,2,4,11,14-16,18H2,1,3H3,(H,32,34). The largest absolute Gasteiger partial charge is 0.349 e. The Bertz CT molecular complexity index is 1150. The van der Waals surface area contributed by atoms with Gasteiger partial charge < -0.3 is 5.32 Å². The van der Waals surface area contributed by atoms with E-state index in [1.54, 1.807) is 12.3 Å². The van der Waals surface area contributed by atoms with E-state index < -0.39 is 0 Å². The van der Waals surface area contributed by atoms with Crippen molar-refractivity contribution in [3.63, 3.8) is 0 Å². The molecule has 0 saturated heterocycles. The highest BCUT2D eigenvalue weighted by atomic mass is 16.1. The van der Waals surface area contributed by atoms with Crippen LogP contribution in [0.2, 0.25) is 0 Å². The van der Waals surface area contributed by atoms with Crippen molar-refractivity contribution in [3.8, 4) is 0 Å². The molecule has 2 aliphatic rings. The van der Waals surface area contributed by atoms with Crippen molar-refractivity contribution in [1.29, 1.82) is 0 Å². The highest BCUT2D eigenvalue weighted by Crippen LogP contribution is 2.55. The lowest BCUT2D eigenvalue weighted by atomic mass is 9.68. The summed E-state index contributed by atoms with van der Waals surface area (Å²) in [7, 11) is 0. The number of benzene rings is 1. The first-order chi connectivity index (χ1) is 16.5. The fourth-order valence-corrected chi connectivity index (χ4v) is 5.58. The SMILES string of the molecule is C=CCC(=O)NC(CC1CCC2=Cc3c(cnn3C(C=CC)=CN=C)CC21C)c1ccccc1. The Hall–Kier alpha value is -3.47. The molecule has 1 aromatic carbocycles. The minimum atomic E-state index is -0.0122. The molecule has 0 bridgehead atoms. The van der Waals surface area contributed by atoms with Crippen LogP contribution in [0.4, 0.5) is 0 Å². The van der Waals surface area contributed by atoms with Crippen molar-refractivity contribution in [2.24, 2.45) is 16.3 Å². The van der Waals surface area contributed by atoms with Gasteiger partial charge in [0.1, 0.15) is 0 Å². The van der Waals surface area contributed by atoms with E-state index in [1.165, 1.54) is 11.1 Å². The van der Waals surface area contributed by atoms with Gasteiger partial charge >= 0.3 is 0 Å². The van der Waals surface area contributed by atoms with Gasteiger partial charge in [0.15, 0.2) is 0 Å². The van der Waals surface area contributed by atoms with Crippen LogP contribution in [0.25, 0.3) is 11.8 Å². The van der Waals surface area contributed by atoms with Crippen LogP contribution in [0.1, 0.15) is 62.4 Å². The molecular weight excluding hydrogens is 420 g/mol. The minimum Gasteiger partial charge on any atom is -0.349 e. The molecule has 3 atom stereocenters. The van der Waals surface area contributed by atoms with Crippen LogP contribution >= 0.6 is 0 Å². The predicted octanol–water partition coefficient (Wildman–Crippen LogP) is 6.14. The molecule has 0 radical (unpaired) electrons. The van der Waals surface area contributed by atoms with Gasteiger partial charge in [-0.3, -0.25) is 9.79 Å². The first-order valence-corrected chi connectivity index (χ1v) is 12.0. The number of amides is 1. The van der Waals surface area contributed by atoms with Crippen LogP contribution in [-0.2, 0) is 11.2 Å². The quantitative estimate of drug-likeness (QED) is 0.281. The van der Waals surface area contributed by atoms with Crippen LogP contribution in [0.15, 0.2) is 78.1 Å². The van der Waals surface area contributed by atoms with Gasteiger partial charge in [0, 0.05) is 6.42 Å². The second-order valence-corrected chi connectivity index (χ2v) is 9.46. The number of hydrogen-bond acceptors (Lipinski definition) is 3. The van der Waals surface area contributed by atoms with E-state index in [9.17, 15) is 4.79 Å². The molecule has 1 aromatic heterocycles. The van der Waals surface area contributed by atoms with Crippen molar-refractivity contribution in [2.45, 2.75) is 52.0 Å². The third-order valence-corrected chi connectivity index (χ3v) is 7.34. The van der Waals surface area contributed by atoms with Gasteiger partial charge in [-0.25, -0.2) is 4.68 Å². The van der Waals surface area contributed by atoms with Crippen LogP contribution in [0, 0.1) is 11.3 Å². The summed E-state index contributed by atoms with van der Waals surface area (Å²) in [5.74, 6) is 0.485. The summed E-state index contributed by atoms with van der Waals surface area (Å²) in [6.07, 6.45) is 16.1. The molecule has 1 amide bonds. The Kier molecular flexibility index (Phi) is 7.11. The molecule has 3 unspecified atom stereocenters. The minimum absolute atomic E-state index is 0.0122. The Morgan fingerprint density at radius 3 is 2.88 bits per heavy atom. The molecule has 0 aliphatic heterocycles. The number of carbonyl (C=O) groups excluding carboxylic acids is 1. The zero-order valence-electron chi connectivity index (χ0n) is 20.2. The number of aromatic nitrogens is 2. The average molecular weight is 455 g/mol. The monoisotopic (exact) mass is 454 g/mol. The number of nitrogens with zero attached hydrogens (tertiary/aromatic N) is 3. The Labute approximate surface area is 202 Å². The van der Waals surface area contributed by atoms with E-state index in [0.29, 0.717) is 12.3 Å². The maximum absolute atomic E-state index is 12.5. The molecule has 1 saturated carbocycles. The topological polar surface area (TPSA) is 59.3 Å². The van der Waals surface area contributed by atoms with Crippen molar-refractivity contribution in [3.05, 3.63) is 89.9 Å². The molecule has 1 fully saturated rings. The van der Waals surface area contributed by atoms with E-state index in [4.69, 9.17) is 0 Å². The normalized spacial score (nSPS) is 22.6. The number of carbonyl (C=O) groups is 1. The average Bonchev–Trinajstić information content (AvgIpc) is 3.37. The zero-order chi connectivity index (χ0) is 24.1. The zero-order valence-corrected chi connectivity index (χ0v) is 20.2. The lowest BCUT2D eigenvalue weighted by molar-refractivity contribution is -0.121. The summed E-state index contributed by atoms with van der Waals surface area (Å²) in [6, 6.07) is 10.3. The molecule has 5 nitrogen and oxygen atoms in total. The number of allylic oxidation sites excluding steroid dienone is 4. The maximum atomic E-state index is 12.5. The fourth-order valence-electron chi connectivity index (χ4n) is 5.58. The van der Waals surface area contributed by atoms with E-state index in [-0.39, 0.29) is 17.4 Å². The van der Waals surface area contributed by atoms with Gasteiger partial charge in [0.2, 0.25) is 5.91 Å². The molecule has 4 rings (SSSR count). The molecule has 1 heterocycles. The van der Waals surface area contributed by atoms with Gasteiger partial charge in [0.05, 0.1) is 29.8 Å². The maximum Gasteiger partial charge on any atom is 0.224 e. The number of rotatable bonds is 9. The number of aliphatic imine (C=N–C) groups is 1. The molecular formula is C29H34N4O. The molecule has 5 heteroatoms. The van der Waals surface area contributed by atoms with Gasteiger partial charge in [-0.1, -0.05) is 55.0 Å². The van der Waals surface area contributed by atoms with E-state index >= 15 is 0 Å². The molecule has 1 N–H and O–H groups in total. The predicted molar refractivity (Wildman–Crippen MR) is 140 cm³/mol. The van der Waals surface area contributed by atoms with Gasteiger partial charge in [-0.15, -0.1) is 6.58 Å². The summed E-state index contributed by atoms with van der Waals surface area (Å²) >= 11 is 0. The highest BCUT2D eigenvalue weighted by molar-refractivity contribution is 5.77. The van der Waals surface area contributed by atoms with Crippen molar-refractivity contribution in [2.75, 3.05) is 0 Å². The van der Waals surface area contributed by atoms with Gasteiger partial charge in [0.25, 0.3) is 0 Å².